The second-order valence-corrected chi connectivity index (χ2v) is 12.2. The average molecular weight is 835 g/mol. The smallest absolute Gasteiger partial charge is 0.744 e. The van der Waals surface area contributed by atoms with Crippen molar-refractivity contribution >= 4 is 92.0 Å². The SMILES string of the molecule is O=S(=O)([O-])c1cccc2ccccc12.O=S(=O)([O-])c1cccc2ccccc12.S=C(Nc1ccccc1)c1ccccc1.[Pb+2]. The van der Waals surface area contributed by atoms with Crippen LogP contribution in [0.25, 0.3) is 21.5 Å². The largest absolute Gasteiger partial charge is 2.00 e. The van der Waals surface area contributed by atoms with E-state index in [0.29, 0.717) is 10.8 Å². The molecule has 6 rings (SSSR count). The molecule has 0 amide bonds. The molecule has 0 saturated heterocycles. The molecule has 11 heteroatoms. The molecule has 0 aliphatic heterocycles. The van der Waals surface area contributed by atoms with Gasteiger partial charge in [0.25, 0.3) is 0 Å². The van der Waals surface area contributed by atoms with Crippen molar-refractivity contribution in [1.82, 2.24) is 0 Å². The minimum Gasteiger partial charge on any atom is -0.744 e. The van der Waals surface area contributed by atoms with E-state index >= 15 is 0 Å². The summed E-state index contributed by atoms with van der Waals surface area (Å²) >= 11 is 5.29. The van der Waals surface area contributed by atoms with Gasteiger partial charge in [0.2, 0.25) is 0 Å². The van der Waals surface area contributed by atoms with E-state index in [1.807, 2.05) is 60.7 Å². The van der Waals surface area contributed by atoms with Gasteiger partial charge in [0.15, 0.2) is 0 Å². The predicted molar refractivity (Wildman–Crippen MR) is 178 cm³/mol. The van der Waals surface area contributed by atoms with Crippen molar-refractivity contribution in [2.24, 2.45) is 0 Å². The minimum atomic E-state index is -4.38. The Balaban J connectivity index is 0.000000178. The zero-order valence-corrected chi connectivity index (χ0v) is 29.4. The summed E-state index contributed by atoms with van der Waals surface area (Å²) in [6.45, 7) is 0. The van der Waals surface area contributed by atoms with Gasteiger partial charge in [-0.25, -0.2) is 16.8 Å². The van der Waals surface area contributed by atoms with Crippen molar-refractivity contribution in [3.05, 3.63) is 151 Å². The van der Waals surface area contributed by atoms with Gasteiger partial charge in [-0.3, -0.25) is 0 Å². The van der Waals surface area contributed by atoms with Crippen LogP contribution in [0, 0.1) is 0 Å². The second-order valence-electron chi connectivity index (χ2n) is 9.05. The number of fused-ring (bicyclic) bond motifs is 2. The Hall–Kier alpha value is -3.53. The van der Waals surface area contributed by atoms with Crippen LogP contribution in [0.5, 0.6) is 0 Å². The van der Waals surface area contributed by atoms with E-state index in [2.05, 4.69) is 5.32 Å². The molecular formula is C33H25NO6PbS3. The first-order valence-electron chi connectivity index (χ1n) is 12.8. The Morgan fingerprint density at radius 2 is 0.864 bits per heavy atom. The Morgan fingerprint density at radius 3 is 1.30 bits per heavy atom. The standard InChI is InChI=1S/C13H11NS.2C10H8O3S.Pb/c15-13(11-7-3-1-4-8-11)14-12-9-5-2-6-10-12;2*11-14(12,13)10-7-3-5-8-4-1-2-6-9(8)10;/h1-10H,(H,14,15);2*1-7H,(H,11,12,13);/q;;;+2/p-2. The van der Waals surface area contributed by atoms with Crippen molar-refractivity contribution in [1.29, 1.82) is 0 Å². The number of anilines is 1. The quantitative estimate of drug-likeness (QED) is 0.120. The summed E-state index contributed by atoms with van der Waals surface area (Å²) in [6, 6.07) is 43.0. The van der Waals surface area contributed by atoms with Crippen molar-refractivity contribution in [2.45, 2.75) is 9.79 Å². The Morgan fingerprint density at radius 1 is 0.500 bits per heavy atom. The normalized spacial score (nSPS) is 10.8. The molecule has 0 fully saturated rings. The summed E-state index contributed by atoms with van der Waals surface area (Å²) in [6.07, 6.45) is 0. The summed E-state index contributed by atoms with van der Waals surface area (Å²) in [4.78, 5) is 0.438. The number of rotatable bonds is 4. The number of benzene rings is 6. The van der Waals surface area contributed by atoms with Gasteiger partial charge in [-0.2, -0.15) is 0 Å². The molecule has 6 aromatic carbocycles. The number of hydrogen-bond acceptors (Lipinski definition) is 7. The van der Waals surface area contributed by atoms with E-state index in [-0.39, 0.29) is 37.1 Å². The monoisotopic (exact) mass is 835 g/mol. The summed E-state index contributed by atoms with van der Waals surface area (Å²) in [5.41, 5.74) is 2.06. The number of para-hydroxylation sites is 1. The van der Waals surface area contributed by atoms with E-state index in [4.69, 9.17) is 12.2 Å². The fourth-order valence-corrected chi connectivity index (χ4v) is 5.80. The van der Waals surface area contributed by atoms with Gasteiger partial charge in [-0.05, 0) is 45.8 Å². The van der Waals surface area contributed by atoms with Gasteiger partial charge in [0.1, 0.15) is 25.2 Å². The molecule has 0 unspecified atom stereocenters. The molecule has 0 heterocycles. The van der Waals surface area contributed by atoms with Crippen molar-refractivity contribution in [2.75, 3.05) is 5.32 Å². The van der Waals surface area contributed by atoms with Gasteiger partial charge >= 0.3 is 27.3 Å². The third kappa shape index (κ3) is 9.74. The summed E-state index contributed by atoms with van der Waals surface area (Å²) in [5, 5.41) is 5.65. The molecule has 0 aliphatic rings. The van der Waals surface area contributed by atoms with E-state index in [1.54, 1.807) is 72.8 Å². The molecule has 44 heavy (non-hydrogen) atoms. The maximum absolute atomic E-state index is 10.9. The van der Waals surface area contributed by atoms with Crippen LogP contribution < -0.4 is 5.32 Å². The molecular weight excluding hydrogens is 810 g/mol. The molecule has 220 valence electrons. The number of nitrogens with one attached hydrogen (secondary N) is 1. The van der Waals surface area contributed by atoms with Gasteiger partial charge in [-0.15, -0.1) is 0 Å². The van der Waals surface area contributed by atoms with Crippen LogP contribution in [0.4, 0.5) is 5.69 Å². The van der Waals surface area contributed by atoms with Crippen LogP contribution in [0.2, 0.25) is 0 Å². The van der Waals surface area contributed by atoms with Crippen molar-refractivity contribution in [3.63, 3.8) is 0 Å². The van der Waals surface area contributed by atoms with Crippen LogP contribution in [-0.2, 0) is 20.2 Å². The summed E-state index contributed by atoms with van der Waals surface area (Å²) < 4.78 is 65.3. The fourth-order valence-electron chi connectivity index (χ4n) is 4.14. The van der Waals surface area contributed by atoms with Crippen LogP contribution in [-0.4, -0.2) is 58.2 Å². The third-order valence-corrected chi connectivity index (χ3v) is 8.23. The first-order chi connectivity index (χ1) is 20.5. The molecule has 1 N–H and O–H groups in total. The van der Waals surface area contributed by atoms with E-state index in [0.717, 1.165) is 27.0 Å². The predicted octanol–water partition coefficient (Wildman–Crippen LogP) is 6.58. The van der Waals surface area contributed by atoms with E-state index in [1.165, 1.54) is 12.1 Å². The van der Waals surface area contributed by atoms with E-state index < -0.39 is 20.2 Å². The maximum atomic E-state index is 10.9. The van der Waals surface area contributed by atoms with Gasteiger partial charge in [0, 0.05) is 11.3 Å². The first-order valence-corrected chi connectivity index (χ1v) is 16.1. The third-order valence-electron chi connectivity index (χ3n) is 6.11. The molecule has 0 spiro atoms. The second kappa shape index (κ2) is 16.0. The number of thiocarbonyl (C=S) groups is 1. The van der Waals surface area contributed by atoms with Crippen molar-refractivity contribution in [3.8, 4) is 0 Å². The average Bonchev–Trinajstić information content (AvgIpc) is 3.01. The molecule has 0 aromatic heterocycles. The fraction of sp³-hybridized carbons (Fsp3) is 0. The maximum Gasteiger partial charge on any atom is 2.00 e. The molecule has 0 bridgehead atoms. The first kappa shape index (κ1) is 35.0. The summed E-state index contributed by atoms with van der Waals surface area (Å²) in [7, 11) is -8.76. The van der Waals surface area contributed by atoms with Gasteiger partial charge < -0.3 is 14.4 Å². The van der Waals surface area contributed by atoms with Crippen LogP contribution in [0.3, 0.4) is 0 Å². The molecule has 0 aliphatic carbocycles. The van der Waals surface area contributed by atoms with Gasteiger partial charge in [-0.1, -0.05) is 134 Å². The zero-order valence-electron chi connectivity index (χ0n) is 23.0. The Labute approximate surface area is 282 Å². The topological polar surface area (TPSA) is 126 Å². The molecule has 6 aromatic rings. The van der Waals surface area contributed by atoms with Crippen LogP contribution >= 0.6 is 12.2 Å². The minimum absolute atomic E-state index is 0. The van der Waals surface area contributed by atoms with Crippen molar-refractivity contribution < 1.29 is 25.9 Å². The zero-order chi connectivity index (χ0) is 30.9. The van der Waals surface area contributed by atoms with Crippen LogP contribution in [0.15, 0.2) is 155 Å². The Kier molecular flexibility index (Phi) is 12.7. The molecule has 7 nitrogen and oxygen atoms in total. The molecule has 0 saturated carbocycles. The Bertz CT molecular complexity index is 1960. The molecule has 0 atom stereocenters. The molecule has 2 radical (unpaired) electrons. The summed E-state index contributed by atoms with van der Waals surface area (Å²) in [5.74, 6) is 0. The van der Waals surface area contributed by atoms with Gasteiger partial charge in [0.05, 0.1) is 9.79 Å². The van der Waals surface area contributed by atoms with Crippen LogP contribution in [0.1, 0.15) is 5.56 Å². The van der Waals surface area contributed by atoms with E-state index in [9.17, 15) is 25.9 Å². The number of hydrogen-bond donors (Lipinski definition) is 1.